The first-order valence-corrected chi connectivity index (χ1v) is 10.5. The first-order chi connectivity index (χ1) is 14.8. The van der Waals surface area contributed by atoms with Crippen molar-refractivity contribution in [3.8, 4) is 6.07 Å². The molecule has 7 heteroatoms. The number of hydrogen-bond donors (Lipinski definition) is 1. The summed E-state index contributed by atoms with van der Waals surface area (Å²) in [7, 11) is 0. The van der Waals surface area contributed by atoms with Gasteiger partial charge in [0.05, 0.1) is 11.4 Å². The monoisotopic (exact) mass is 430 g/mol. The van der Waals surface area contributed by atoms with Gasteiger partial charge in [0.15, 0.2) is 5.13 Å². The van der Waals surface area contributed by atoms with Crippen LogP contribution in [-0.4, -0.2) is 16.8 Å². The average molecular weight is 431 g/mol. The lowest BCUT2D eigenvalue weighted by molar-refractivity contribution is -0.116. The first-order valence-electron chi connectivity index (χ1n) is 9.62. The van der Waals surface area contributed by atoms with Gasteiger partial charge < -0.3 is 5.32 Å². The number of benzene rings is 2. The highest BCUT2D eigenvalue weighted by Gasteiger charge is 2.19. The Morgan fingerprint density at radius 3 is 2.42 bits per heavy atom. The van der Waals surface area contributed by atoms with Crippen molar-refractivity contribution >= 4 is 45.7 Å². The number of aryl methyl sites for hydroxylation is 3. The fourth-order valence-electron chi connectivity index (χ4n) is 2.87. The van der Waals surface area contributed by atoms with Gasteiger partial charge in [-0.1, -0.05) is 23.8 Å². The van der Waals surface area contributed by atoms with Crippen LogP contribution in [0.5, 0.6) is 0 Å². The highest BCUT2D eigenvalue weighted by Crippen LogP contribution is 2.30. The van der Waals surface area contributed by atoms with E-state index in [9.17, 15) is 14.9 Å². The third kappa shape index (κ3) is 5.24. The van der Waals surface area contributed by atoms with Crippen LogP contribution in [0.1, 0.15) is 29.3 Å². The number of nitrogens with zero attached hydrogens (tertiary/aromatic N) is 3. The number of nitrogens with one attached hydrogen (secondary N) is 1. The van der Waals surface area contributed by atoms with E-state index in [1.807, 2.05) is 57.2 Å². The summed E-state index contributed by atoms with van der Waals surface area (Å²) in [6.45, 7) is 7.42. The van der Waals surface area contributed by atoms with Gasteiger partial charge in [-0.15, -0.1) is 11.3 Å². The molecule has 0 atom stereocenters. The number of aromatic nitrogens is 1. The molecule has 3 rings (SSSR count). The van der Waals surface area contributed by atoms with Crippen LogP contribution in [0.4, 0.5) is 16.5 Å². The Bertz CT molecular complexity index is 1200. The fourth-order valence-corrected chi connectivity index (χ4v) is 3.71. The minimum atomic E-state index is -0.515. The largest absolute Gasteiger partial charge is 0.321 e. The molecule has 0 unspecified atom stereocenters. The smallest absolute Gasteiger partial charge is 0.266 e. The lowest BCUT2D eigenvalue weighted by Gasteiger charge is -2.19. The number of thiazole rings is 1. The molecule has 0 radical (unpaired) electrons. The Morgan fingerprint density at radius 1 is 1.10 bits per heavy atom. The van der Waals surface area contributed by atoms with Crippen LogP contribution < -0.4 is 10.2 Å². The maximum Gasteiger partial charge on any atom is 0.266 e. The lowest BCUT2D eigenvalue weighted by Crippen LogP contribution is -2.22. The van der Waals surface area contributed by atoms with Gasteiger partial charge in [-0.3, -0.25) is 14.5 Å². The van der Waals surface area contributed by atoms with E-state index in [0.717, 1.165) is 22.4 Å². The molecule has 1 heterocycles. The zero-order valence-electron chi connectivity index (χ0n) is 17.8. The number of carbonyl (C=O) groups is 2. The van der Waals surface area contributed by atoms with E-state index >= 15 is 0 Å². The molecule has 2 amide bonds. The number of nitriles is 1. The molecule has 0 aliphatic rings. The second-order valence-electron chi connectivity index (χ2n) is 7.17. The van der Waals surface area contributed by atoms with Crippen molar-refractivity contribution in [3.63, 3.8) is 0 Å². The van der Waals surface area contributed by atoms with E-state index in [-0.39, 0.29) is 11.5 Å². The van der Waals surface area contributed by atoms with Gasteiger partial charge in [-0.25, -0.2) is 4.98 Å². The van der Waals surface area contributed by atoms with Crippen molar-refractivity contribution in [2.75, 3.05) is 10.2 Å². The van der Waals surface area contributed by atoms with Gasteiger partial charge in [-0.05, 0) is 62.2 Å². The van der Waals surface area contributed by atoms with Gasteiger partial charge in [0, 0.05) is 18.0 Å². The van der Waals surface area contributed by atoms with Crippen molar-refractivity contribution in [3.05, 3.63) is 75.8 Å². The van der Waals surface area contributed by atoms with Crippen molar-refractivity contribution in [2.24, 2.45) is 0 Å². The Balaban J connectivity index is 1.86. The summed E-state index contributed by atoms with van der Waals surface area (Å²) >= 11 is 1.27. The average Bonchev–Trinajstić information content (AvgIpc) is 3.18. The third-order valence-electron chi connectivity index (χ3n) is 4.73. The van der Waals surface area contributed by atoms with Crippen LogP contribution in [0, 0.1) is 32.1 Å². The van der Waals surface area contributed by atoms with Crippen molar-refractivity contribution in [1.29, 1.82) is 5.26 Å². The normalized spacial score (nSPS) is 11.0. The highest BCUT2D eigenvalue weighted by atomic mass is 32.1. The van der Waals surface area contributed by atoms with Crippen LogP contribution in [0.3, 0.4) is 0 Å². The number of carbonyl (C=O) groups excluding carboxylic acids is 2. The summed E-state index contributed by atoms with van der Waals surface area (Å²) in [5.74, 6) is -0.691. The molecule has 0 aliphatic carbocycles. The molecule has 6 nitrogen and oxygen atoms in total. The predicted molar refractivity (Wildman–Crippen MR) is 124 cm³/mol. The summed E-state index contributed by atoms with van der Waals surface area (Å²) < 4.78 is 0. The Kier molecular flexibility index (Phi) is 6.63. The van der Waals surface area contributed by atoms with Crippen LogP contribution in [-0.2, 0) is 9.59 Å². The van der Waals surface area contributed by atoms with Crippen LogP contribution in [0.25, 0.3) is 6.08 Å². The summed E-state index contributed by atoms with van der Waals surface area (Å²) in [6, 6.07) is 15.0. The minimum absolute atomic E-state index is 0.0713. The minimum Gasteiger partial charge on any atom is -0.321 e. The summed E-state index contributed by atoms with van der Waals surface area (Å²) in [6.07, 6.45) is 1.42. The molecule has 3 aromatic rings. The van der Waals surface area contributed by atoms with Crippen LogP contribution in [0.2, 0.25) is 0 Å². The second kappa shape index (κ2) is 9.37. The number of rotatable bonds is 5. The van der Waals surface area contributed by atoms with Gasteiger partial charge in [-0.2, -0.15) is 5.26 Å². The summed E-state index contributed by atoms with van der Waals surface area (Å²) in [4.78, 5) is 30.8. The van der Waals surface area contributed by atoms with Gasteiger partial charge in [0.2, 0.25) is 5.91 Å². The molecule has 1 aromatic heterocycles. The van der Waals surface area contributed by atoms with E-state index in [2.05, 4.69) is 10.3 Å². The van der Waals surface area contributed by atoms with Crippen molar-refractivity contribution in [1.82, 2.24) is 4.98 Å². The maximum atomic E-state index is 12.5. The summed E-state index contributed by atoms with van der Waals surface area (Å²) in [5.41, 5.74) is 4.96. The quantitative estimate of drug-likeness (QED) is 0.440. The van der Waals surface area contributed by atoms with E-state index < -0.39 is 5.91 Å². The fraction of sp³-hybridized carbons (Fsp3) is 0.167. The topological polar surface area (TPSA) is 86.1 Å². The van der Waals surface area contributed by atoms with E-state index in [4.69, 9.17) is 0 Å². The molecule has 0 saturated carbocycles. The Morgan fingerprint density at radius 2 is 1.81 bits per heavy atom. The zero-order valence-corrected chi connectivity index (χ0v) is 18.6. The SMILES string of the molecule is CC(=O)N(c1ccc(C)c(C)c1)c1nc(/C=C(\C#N)C(=O)Nc2ccc(C)cc2)cs1. The molecule has 2 aromatic carbocycles. The highest BCUT2D eigenvalue weighted by molar-refractivity contribution is 7.14. The molecule has 0 bridgehead atoms. The van der Waals surface area contributed by atoms with Crippen LogP contribution >= 0.6 is 11.3 Å². The van der Waals surface area contributed by atoms with Gasteiger partial charge >= 0.3 is 0 Å². The predicted octanol–water partition coefficient (Wildman–Crippen LogP) is 5.30. The molecule has 0 saturated heterocycles. The number of anilines is 3. The zero-order chi connectivity index (χ0) is 22.5. The molecule has 0 fully saturated rings. The Labute approximate surface area is 185 Å². The van der Waals surface area contributed by atoms with E-state index in [0.29, 0.717) is 16.5 Å². The maximum absolute atomic E-state index is 12.5. The van der Waals surface area contributed by atoms with E-state index in [1.165, 1.54) is 29.2 Å². The van der Waals surface area contributed by atoms with Crippen molar-refractivity contribution in [2.45, 2.75) is 27.7 Å². The van der Waals surface area contributed by atoms with E-state index in [1.54, 1.807) is 17.5 Å². The standard InChI is InChI=1S/C24H22N4O2S/c1-15-5-8-20(9-6-15)26-23(30)19(13-25)12-21-14-31-24(27-21)28(18(4)29)22-10-7-16(2)17(3)11-22/h5-12,14H,1-4H3,(H,26,30)/b19-12+. The van der Waals surface area contributed by atoms with Crippen molar-refractivity contribution < 1.29 is 9.59 Å². The Hall–Kier alpha value is -3.76. The summed E-state index contributed by atoms with van der Waals surface area (Å²) in [5, 5.41) is 14.3. The second-order valence-corrected chi connectivity index (χ2v) is 8.00. The molecule has 0 aliphatic heterocycles. The first kappa shape index (κ1) is 21.9. The molecule has 1 N–H and O–H groups in total. The molecule has 156 valence electrons. The molecular formula is C24H22N4O2S. The molecular weight excluding hydrogens is 408 g/mol. The number of amides is 2. The van der Waals surface area contributed by atoms with Crippen LogP contribution in [0.15, 0.2) is 53.4 Å². The lowest BCUT2D eigenvalue weighted by atomic mass is 10.1. The molecule has 0 spiro atoms. The van der Waals surface area contributed by atoms with Gasteiger partial charge in [0.1, 0.15) is 11.6 Å². The molecule has 31 heavy (non-hydrogen) atoms. The number of hydrogen-bond acceptors (Lipinski definition) is 5. The van der Waals surface area contributed by atoms with Gasteiger partial charge in [0.25, 0.3) is 5.91 Å². The third-order valence-corrected chi connectivity index (χ3v) is 5.58.